The minimum atomic E-state index is -0.730. The summed E-state index contributed by atoms with van der Waals surface area (Å²) >= 11 is 0. The molecule has 0 aliphatic rings. The molecule has 0 aliphatic carbocycles. The van der Waals surface area contributed by atoms with Crippen molar-refractivity contribution >= 4 is 5.91 Å². The van der Waals surface area contributed by atoms with E-state index in [0.29, 0.717) is 17.1 Å². The smallest absolute Gasteiger partial charge is 0.288 e. The fourth-order valence-electron chi connectivity index (χ4n) is 1.78. The van der Waals surface area contributed by atoms with Crippen LogP contribution >= 0.6 is 0 Å². The number of hydrogen-bond donors (Lipinski definition) is 2. The zero-order valence-electron chi connectivity index (χ0n) is 11.5. The highest BCUT2D eigenvalue weighted by atomic mass is 16.5. The van der Waals surface area contributed by atoms with Gasteiger partial charge in [-0.3, -0.25) is 4.79 Å². The number of nitrogens with two attached hydrogens (primary N) is 1. The maximum absolute atomic E-state index is 11.3. The van der Waals surface area contributed by atoms with Gasteiger partial charge in [-0.25, -0.2) is 9.67 Å². The Labute approximate surface area is 121 Å². The summed E-state index contributed by atoms with van der Waals surface area (Å²) in [5.41, 5.74) is 5.87. The van der Waals surface area contributed by atoms with Crippen molar-refractivity contribution in [1.29, 1.82) is 0 Å². The number of benzene rings is 1. The van der Waals surface area contributed by atoms with E-state index in [-0.39, 0.29) is 25.8 Å². The summed E-state index contributed by atoms with van der Waals surface area (Å²) in [4.78, 5) is 15.4. The number of nitrogens with zero attached hydrogens (tertiary/aromatic N) is 3. The molecule has 2 aromatic rings. The number of primary amides is 1. The predicted octanol–water partition coefficient (Wildman–Crippen LogP) is 0.0190. The first-order valence-electron chi connectivity index (χ1n) is 6.24. The third kappa shape index (κ3) is 3.36. The second kappa shape index (κ2) is 6.82. The summed E-state index contributed by atoms with van der Waals surface area (Å²) in [6.07, 6.45) is 0. The van der Waals surface area contributed by atoms with Crippen molar-refractivity contribution in [3.63, 3.8) is 0 Å². The fourth-order valence-corrected chi connectivity index (χ4v) is 1.78. The quantitative estimate of drug-likeness (QED) is 0.696. The number of amides is 1. The number of aliphatic hydroxyl groups excluding tert-OH is 1. The lowest BCUT2D eigenvalue weighted by atomic mass is 10.2. The lowest BCUT2D eigenvalue weighted by Crippen LogP contribution is -2.14. The molecular weight excluding hydrogens is 276 g/mol. The van der Waals surface area contributed by atoms with Crippen molar-refractivity contribution < 1.29 is 19.4 Å². The summed E-state index contributed by atoms with van der Waals surface area (Å²) in [7, 11) is 1.54. The van der Waals surface area contributed by atoms with E-state index in [4.69, 9.17) is 20.3 Å². The van der Waals surface area contributed by atoms with Crippen LogP contribution in [-0.4, -0.2) is 46.1 Å². The van der Waals surface area contributed by atoms with Gasteiger partial charge >= 0.3 is 0 Å². The standard InChI is InChI=1S/C13H16N4O4/c1-20-10-5-3-2-4-9(10)13-15-12(11(14)19)16-17(13)8-21-7-6-18/h2-5,18H,6-8H2,1H3,(H2,14,19). The number of rotatable bonds is 7. The van der Waals surface area contributed by atoms with Crippen LogP contribution in [-0.2, 0) is 11.5 Å². The van der Waals surface area contributed by atoms with Crippen molar-refractivity contribution in [3.8, 4) is 17.1 Å². The summed E-state index contributed by atoms with van der Waals surface area (Å²) in [6.45, 7) is 0.0761. The average Bonchev–Trinajstić information content (AvgIpc) is 2.92. The minimum Gasteiger partial charge on any atom is -0.496 e. The number of aromatic nitrogens is 3. The number of hydrogen-bond acceptors (Lipinski definition) is 6. The number of methoxy groups -OCH3 is 1. The fraction of sp³-hybridized carbons (Fsp3) is 0.308. The molecule has 3 N–H and O–H groups in total. The molecule has 0 radical (unpaired) electrons. The first-order valence-corrected chi connectivity index (χ1v) is 6.24. The molecule has 0 fully saturated rings. The predicted molar refractivity (Wildman–Crippen MR) is 73.6 cm³/mol. The van der Waals surface area contributed by atoms with E-state index in [1.54, 1.807) is 12.1 Å². The SMILES string of the molecule is COc1ccccc1-c1nc(C(N)=O)nn1COCCO. The summed E-state index contributed by atoms with van der Waals surface area (Å²) in [5.74, 6) is 0.152. The molecular formula is C13H16N4O4. The van der Waals surface area contributed by atoms with Gasteiger partial charge in [-0.05, 0) is 12.1 Å². The summed E-state index contributed by atoms with van der Waals surface area (Å²) < 4.78 is 11.9. The Morgan fingerprint density at radius 3 is 2.86 bits per heavy atom. The van der Waals surface area contributed by atoms with Crippen LogP contribution in [0.25, 0.3) is 11.4 Å². The number of aliphatic hydroxyl groups is 1. The van der Waals surface area contributed by atoms with Gasteiger partial charge in [-0.2, -0.15) is 0 Å². The maximum Gasteiger partial charge on any atom is 0.288 e. The average molecular weight is 292 g/mol. The molecule has 0 saturated heterocycles. The third-order valence-electron chi connectivity index (χ3n) is 2.69. The Kier molecular flexibility index (Phi) is 4.85. The number of carbonyl (C=O) groups excluding carboxylic acids is 1. The first-order chi connectivity index (χ1) is 10.2. The maximum atomic E-state index is 11.3. The Balaban J connectivity index is 2.42. The highest BCUT2D eigenvalue weighted by Gasteiger charge is 2.18. The van der Waals surface area contributed by atoms with Crippen LogP contribution in [0.5, 0.6) is 5.75 Å². The van der Waals surface area contributed by atoms with Crippen molar-refractivity contribution in [2.75, 3.05) is 20.3 Å². The molecule has 2 rings (SSSR count). The van der Waals surface area contributed by atoms with Gasteiger partial charge in [0.15, 0.2) is 5.82 Å². The van der Waals surface area contributed by atoms with Gasteiger partial charge in [0.05, 0.1) is 25.9 Å². The third-order valence-corrected chi connectivity index (χ3v) is 2.69. The van der Waals surface area contributed by atoms with Crippen molar-refractivity contribution in [2.24, 2.45) is 5.73 Å². The lowest BCUT2D eigenvalue weighted by molar-refractivity contribution is 0.0424. The molecule has 1 aromatic carbocycles. The molecule has 1 amide bonds. The Hall–Kier alpha value is -2.45. The molecule has 1 heterocycles. The van der Waals surface area contributed by atoms with Gasteiger partial charge in [0, 0.05) is 0 Å². The molecule has 0 aliphatic heterocycles. The Morgan fingerprint density at radius 1 is 1.43 bits per heavy atom. The van der Waals surface area contributed by atoms with Gasteiger partial charge in [0.25, 0.3) is 5.91 Å². The topological polar surface area (TPSA) is 112 Å². The second-order valence-electron chi connectivity index (χ2n) is 4.08. The van der Waals surface area contributed by atoms with Crippen LogP contribution in [0.4, 0.5) is 0 Å². The first kappa shape index (κ1) is 14.9. The zero-order valence-corrected chi connectivity index (χ0v) is 11.5. The van der Waals surface area contributed by atoms with E-state index >= 15 is 0 Å². The van der Waals surface area contributed by atoms with E-state index < -0.39 is 5.91 Å². The normalized spacial score (nSPS) is 10.6. The molecule has 0 unspecified atom stereocenters. The highest BCUT2D eigenvalue weighted by molar-refractivity contribution is 5.89. The van der Waals surface area contributed by atoms with Gasteiger partial charge in [0.1, 0.15) is 12.5 Å². The van der Waals surface area contributed by atoms with E-state index in [2.05, 4.69) is 10.1 Å². The van der Waals surface area contributed by atoms with Crippen molar-refractivity contribution in [3.05, 3.63) is 30.1 Å². The van der Waals surface area contributed by atoms with E-state index in [1.165, 1.54) is 11.8 Å². The van der Waals surface area contributed by atoms with Gasteiger partial charge in [-0.1, -0.05) is 12.1 Å². The molecule has 8 heteroatoms. The van der Waals surface area contributed by atoms with Crippen LogP contribution < -0.4 is 10.5 Å². The van der Waals surface area contributed by atoms with Crippen LogP contribution in [0.15, 0.2) is 24.3 Å². The van der Waals surface area contributed by atoms with E-state index in [1.807, 2.05) is 12.1 Å². The lowest BCUT2D eigenvalue weighted by Gasteiger charge is -2.09. The van der Waals surface area contributed by atoms with Crippen LogP contribution in [0, 0.1) is 0 Å². The molecule has 1 aromatic heterocycles. The van der Waals surface area contributed by atoms with Crippen molar-refractivity contribution in [2.45, 2.75) is 6.73 Å². The van der Waals surface area contributed by atoms with Gasteiger partial charge in [0.2, 0.25) is 5.82 Å². The van der Waals surface area contributed by atoms with Gasteiger partial charge in [-0.15, -0.1) is 5.10 Å². The molecule has 0 spiro atoms. The largest absolute Gasteiger partial charge is 0.496 e. The van der Waals surface area contributed by atoms with Crippen molar-refractivity contribution in [1.82, 2.24) is 14.8 Å². The minimum absolute atomic E-state index is 0.0359. The molecule has 0 bridgehead atoms. The van der Waals surface area contributed by atoms with E-state index in [9.17, 15) is 4.79 Å². The van der Waals surface area contributed by atoms with Crippen LogP contribution in [0.2, 0.25) is 0 Å². The summed E-state index contributed by atoms with van der Waals surface area (Å²) in [5, 5.41) is 12.7. The number of ether oxygens (including phenoxy) is 2. The highest BCUT2D eigenvalue weighted by Crippen LogP contribution is 2.28. The second-order valence-corrected chi connectivity index (χ2v) is 4.08. The molecule has 21 heavy (non-hydrogen) atoms. The molecule has 0 atom stereocenters. The van der Waals surface area contributed by atoms with Gasteiger partial charge < -0.3 is 20.3 Å². The van der Waals surface area contributed by atoms with Crippen LogP contribution in [0.1, 0.15) is 10.6 Å². The zero-order chi connectivity index (χ0) is 15.2. The number of carbonyl (C=O) groups is 1. The molecule has 0 saturated carbocycles. The Bertz CT molecular complexity index is 626. The molecule has 112 valence electrons. The molecule has 8 nitrogen and oxygen atoms in total. The Morgan fingerprint density at radius 2 is 2.19 bits per heavy atom. The summed E-state index contributed by atoms with van der Waals surface area (Å²) in [6, 6.07) is 7.19. The monoisotopic (exact) mass is 292 g/mol. The van der Waals surface area contributed by atoms with Crippen LogP contribution in [0.3, 0.4) is 0 Å². The number of para-hydroxylation sites is 1. The van der Waals surface area contributed by atoms with E-state index in [0.717, 1.165) is 0 Å².